The molecule has 0 aliphatic heterocycles. The number of carbonyl (C=O) groups is 1. The molecule has 3 heteroatoms. The summed E-state index contributed by atoms with van der Waals surface area (Å²) in [7, 11) is -0.231. The zero-order valence-corrected chi connectivity index (χ0v) is 18.2. The Morgan fingerprint density at radius 2 is 1.06 bits per heavy atom. The highest BCUT2D eigenvalue weighted by Crippen LogP contribution is 2.32. The third-order valence-electron chi connectivity index (χ3n) is 5.24. The minimum absolute atomic E-state index is 0.231. The van der Waals surface area contributed by atoms with Crippen LogP contribution in [0.15, 0.2) is 142 Å². The van der Waals surface area contributed by atoms with Crippen molar-refractivity contribution in [2.24, 2.45) is 0 Å². The molecule has 0 amide bonds. The molecule has 0 heterocycles. The third kappa shape index (κ3) is 4.16. The summed E-state index contributed by atoms with van der Waals surface area (Å²) in [6, 6.07) is 42.4. The van der Waals surface area contributed by atoms with E-state index in [1.165, 1.54) is 14.7 Å². The molecule has 32 heavy (non-hydrogen) atoms. The lowest BCUT2D eigenvalue weighted by molar-refractivity contribution is 0.0737. The average molecular weight is 434 g/mol. The van der Waals surface area contributed by atoms with Crippen LogP contribution in [0.25, 0.3) is 10.8 Å². The normalized spacial score (nSPS) is 10.9. The molecule has 0 atom stereocenters. The van der Waals surface area contributed by atoms with Crippen LogP contribution < -0.4 is 4.74 Å². The van der Waals surface area contributed by atoms with Gasteiger partial charge in [-0.05, 0) is 65.4 Å². The van der Waals surface area contributed by atoms with E-state index in [4.69, 9.17) is 4.74 Å². The minimum atomic E-state index is -0.348. The third-order valence-corrected chi connectivity index (χ3v) is 7.47. The highest BCUT2D eigenvalue weighted by atomic mass is 32.2. The number of hydrogen-bond donors (Lipinski definition) is 0. The van der Waals surface area contributed by atoms with E-state index in [0.29, 0.717) is 11.3 Å². The van der Waals surface area contributed by atoms with Crippen LogP contribution in [0.5, 0.6) is 5.75 Å². The van der Waals surface area contributed by atoms with Crippen molar-refractivity contribution >= 4 is 27.6 Å². The van der Waals surface area contributed by atoms with E-state index in [1.807, 2.05) is 60.7 Å². The van der Waals surface area contributed by atoms with Gasteiger partial charge >= 0.3 is 5.97 Å². The maximum atomic E-state index is 12.9. The van der Waals surface area contributed by atoms with Crippen LogP contribution in [0.3, 0.4) is 0 Å². The van der Waals surface area contributed by atoms with Crippen molar-refractivity contribution in [1.29, 1.82) is 0 Å². The molecule has 2 nitrogen and oxygen atoms in total. The first kappa shape index (κ1) is 20.1. The Bertz CT molecular complexity index is 1300. The maximum Gasteiger partial charge on any atom is 0.344 e. The molecule has 5 rings (SSSR count). The fourth-order valence-corrected chi connectivity index (χ4v) is 5.81. The summed E-state index contributed by atoms with van der Waals surface area (Å²) in [5.74, 6) is 0.191. The van der Waals surface area contributed by atoms with E-state index < -0.39 is 0 Å². The highest BCUT2D eigenvalue weighted by Gasteiger charge is 2.28. The van der Waals surface area contributed by atoms with Gasteiger partial charge in [-0.2, -0.15) is 0 Å². The van der Waals surface area contributed by atoms with Gasteiger partial charge in [-0.3, -0.25) is 0 Å². The summed E-state index contributed by atoms with van der Waals surface area (Å²) in [6.45, 7) is 0. The van der Waals surface area contributed by atoms with E-state index >= 15 is 0 Å². The molecule has 0 spiro atoms. The number of esters is 1. The first-order valence-corrected chi connectivity index (χ1v) is 11.7. The largest absolute Gasteiger partial charge is 0.423 e. The lowest BCUT2D eigenvalue weighted by Crippen LogP contribution is -2.09. The van der Waals surface area contributed by atoms with Gasteiger partial charge in [0.05, 0.1) is 16.5 Å². The summed E-state index contributed by atoms with van der Waals surface area (Å²) in [6.07, 6.45) is 0. The molecule has 0 bridgehead atoms. The Balaban J connectivity index is 1.43. The molecule has 0 saturated carbocycles. The number of rotatable bonds is 5. The molecular formula is C29H21O2S+. The van der Waals surface area contributed by atoms with Crippen molar-refractivity contribution in [3.63, 3.8) is 0 Å². The molecule has 0 aliphatic carbocycles. The lowest BCUT2D eigenvalue weighted by atomic mass is 10.0. The number of hydrogen-bond acceptors (Lipinski definition) is 2. The molecule has 0 radical (unpaired) electrons. The van der Waals surface area contributed by atoms with Crippen molar-refractivity contribution in [2.75, 3.05) is 0 Å². The topological polar surface area (TPSA) is 26.3 Å². The number of benzene rings is 5. The summed E-state index contributed by atoms with van der Waals surface area (Å²) in [4.78, 5) is 16.5. The fraction of sp³-hybridized carbons (Fsp3) is 0. The van der Waals surface area contributed by atoms with E-state index in [9.17, 15) is 4.79 Å². The van der Waals surface area contributed by atoms with Crippen molar-refractivity contribution in [3.05, 3.63) is 133 Å². The number of fused-ring (bicyclic) bond motifs is 1. The predicted molar refractivity (Wildman–Crippen MR) is 130 cm³/mol. The fourth-order valence-electron chi connectivity index (χ4n) is 3.73. The molecular weight excluding hydrogens is 412 g/mol. The van der Waals surface area contributed by atoms with Crippen LogP contribution in [0.1, 0.15) is 10.4 Å². The van der Waals surface area contributed by atoms with Crippen molar-refractivity contribution in [3.8, 4) is 5.75 Å². The quantitative estimate of drug-likeness (QED) is 0.167. The Labute approximate surface area is 190 Å². The zero-order valence-electron chi connectivity index (χ0n) is 17.3. The minimum Gasteiger partial charge on any atom is -0.423 e. The zero-order chi connectivity index (χ0) is 21.8. The average Bonchev–Trinajstić information content (AvgIpc) is 2.86. The number of ether oxygens (including phenoxy) is 1. The second-order valence-corrected chi connectivity index (χ2v) is 9.35. The van der Waals surface area contributed by atoms with Gasteiger partial charge in [0.25, 0.3) is 0 Å². The SMILES string of the molecule is O=C(Oc1ccc([S+](c2ccccc2)c2ccccc2)cc1)c1cccc2ccccc12. The summed E-state index contributed by atoms with van der Waals surface area (Å²) >= 11 is 0. The molecule has 0 aliphatic rings. The lowest BCUT2D eigenvalue weighted by Gasteiger charge is -2.10. The predicted octanol–water partition coefficient (Wildman–Crippen LogP) is 7.15. The second kappa shape index (κ2) is 9.13. The van der Waals surface area contributed by atoms with E-state index in [1.54, 1.807) is 6.07 Å². The van der Waals surface area contributed by atoms with Crippen LogP contribution in [0.2, 0.25) is 0 Å². The van der Waals surface area contributed by atoms with Gasteiger partial charge in [0, 0.05) is 0 Å². The first-order valence-electron chi connectivity index (χ1n) is 10.4. The van der Waals surface area contributed by atoms with Crippen LogP contribution >= 0.6 is 0 Å². The van der Waals surface area contributed by atoms with E-state index in [2.05, 4.69) is 60.7 Å². The molecule has 5 aromatic rings. The monoisotopic (exact) mass is 433 g/mol. The van der Waals surface area contributed by atoms with Gasteiger partial charge in [0.2, 0.25) is 0 Å². The van der Waals surface area contributed by atoms with E-state index in [0.717, 1.165) is 10.8 Å². The van der Waals surface area contributed by atoms with Crippen LogP contribution in [0, 0.1) is 0 Å². The Morgan fingerprint density at radius 1 is 0.531 bits per heavy atom. The molecule has 5 aromatic carbocycles. The van der Waals surface area contributed by atoms with Gasteiger partial charge in [-0.25, -0.2) is 4.79 Å². The van der Waals surface area contributed by atoms with Crippen LogP contribution in [0.4, 0.5) is 0 Å². The van der Waals surface area contributed by atoms with Gasteiger partial charge < -0.3 is 4.74 Å². The van der Waals surface area contributed by atoms with Crippen LogP contribution in [-0.4, -0.2) is 5.97 Å². The Morgan fingerprint density at radius 3 is 1.72 bits per heavy atom. The smallest absolute Gasteiger partial charge is 0.344 e. The molecule has 0 unspecified atom stereocenters. The van der Waals surface area contributed by atoms with Crippen molar-refractivity contribution < 1.29 is 9.53 Å². The molecule has 0 saturated heterocycles. The first-order chi connectivity index (χ1) is 15.8. The summed E-state index contributed by atoms with van der Waals surface area (Å²) in [5, 5.41) is 1.92. The summed E-state index contributed by atoms with van der Waals surface area (Å²) in [5.41, 5.74) is 0.570. The van der Waals surface area contributed by atoms with Gasteiger partial charge in [-0.15, -0.1) is 0 Å². The standard InChI is InChI=1S/C29H21O2S/c30-29(28-17-9-11-22-10-7-8-16-27(22)28)31-23-18-20-26(21-19-23)32(24-12-3-1-4-13-24)25-14-5-2-6-15-25/h1-21H/q+1. The molecule has 0 N–H and O–H groups in total. The molecule has 0 fully saturated rings. The highest BCUT2D eigenvalue weighted by molar-refractivity contribution is 7.97. The van der Waals surface area contributed by atoms with Crippen molar-refractivity contribution in [2.45, 2.75) is 14.7 Å². The second-order valence-electron chi connectivity index (χ2n) is 7.32. The molecule has 0 aromatic heterocycles. The van der Waals surface area contributed by atoms with Gasteiger partial charge in [0.15, 0.2) is 14.7 Å². The maximum absolute atomic E-state index is 12.9. The van der Waals surface area contributed by atoms with Gasteiger partial charge in [-0.1, -0.05) is 72.8 Å². The van der Waals surface area contributed by atoms with E-state index in [-0.39, 0.29) is 16.9 Å². The Kier molecular flexibility index (Phi) is 5.73. The number of carbonyl (C=O) groups excluding carboxylic acids is 1. The van der Waals surface area contributed by atoms with Crippen molar-refractivity contribution in [1.82, 2.24) is 0 Å². The van der Waals surface area contributed by atoms with Crippen LogP contribution in [-0.2, 0) is 10.9 Å². The molecule has 154 valence electrons. The Hall–Kier alpha value is -3.82. The van der Waals surface area contributed by atoms with Gasteiger partial charge in [0.1, 0.15) is 5.75 Å². The summed E-state index contributed by atoms with van der Waals surface area (Å²) < 4.78 is 5.72.